The molecule has 0 radical (unpaired) electrons. The zero-order valence-electron chi connectivity index (χ0n) is 9.03. The molecule has 2 rings (SSSR count). The van der Waals surface area contributed by atoms with Crippen LogP contribution in [0.5, 0.6) is 0 Å². The molecular formula is C10H20N2O2. The van der Waals surface area contributed by atoms with Gasteiger partial charge in [-0.1, -0.05) is 0 Å². The Bertz CT molecular complexity index is 167. The molecule has 82 valence electrons. The van der Waals surface area contributed by atoms with Crippen LogP contribution in [0.4, 0.5) is 0 Å². The molecule has 2 aliphatic rings. The standard InChI is InChI=1S/C10H20N2O2/c1-8(11-2)3-12-9-4-13-6-10(12)7-14-5-9/h8-11H,3-7H2,1-2H3. The van der Waals surface area contributed by atoms with E-state index in [0.717, 1.165) is 33.0 Å². The van der Waals surface area contributed by atoms with E-state index in [-0.39, 0.29) is 0 Å². The summed E-state index contributed by atoms with van der Waals surface area (Å²) < 4.78 is 11.1. The van der Waals surface area contributed by atoms with E-state index in [1.807, 2.05) is 7.05 Å². The van der Waals surface area contributed by atoms with E-state index >= 15 is 0 Å². The molecule has 2 heterocycles. The summed E-state index contributed by atoms with van der Waals surface area (Å²) in [5.41, 5.74) is 0. The molecule has 2 fully saturated rings. The van der Waals surface area contributed by atoms with Crippen LogP contribution in [-0.2, 0) is 9.47 Å². The molecule has 0 saturated carbocycles. The summed E-state index contributed by atoms with van der Waals surface area (Å²) in [5, 5.41) is 3.28. The second-order valence-electron chi connectivity index (χ2n) is 4.27. The molecule has 0 amide bonds. The van der Waals surface area contributed by atoms with Gasteiger partial charge in [0.25, 0.3) is 0 Å². The number of hydrogen-bond acceptors (Lipinski definition) is 4. The monoisotopic (exact) mass is 200 g/mol. The summed E-state index contributed by atoms with van der Waals surface area (Å²) in [5.74, 6) is 0. The third-order valence-electron chi connectivity index (χ3n) is 3.16. The van der Waals surface area contributed by atoms with Crippen LogP contribution in [0.2, 0.25) is 0 Å². The molecule has 2 bridgehead atoms. The van der Waals surface area contributed by atoms with Gasteiger partial charge in [0.05, 0.1) is 38.5 Å². The molecule has 2 aliphatic heterocycles. The average Bonchev–Trinajstić information content (AvgIpc) is 2.17. The van der Waals surface area contributed by atoms with Crippen molar-refractivity contribution in [3.8, 4) is 0 Å². The van der Waals surface area contributed by atoms with Crippen molar-refractivity contribution >= 4 is 0 Å². The summed E-state index contributed by atoms with van der Waals surface area (Å²) in [6.07, 6.45) is 0. The van der Waals surface area contributed by atoms with Gasteiger partial charge >= 0.3 is 0 Å². The van der Waals surface area contributed by atoms with Crippen LogP contribution in [0.3, 0.4) is 0 Å². The number of nitrogens with zero attached hydrogens (tertiary/aromatic N) is 1. The van der Waals surface area contributed by atoms with Crippen molar-refractivity contribution in [1.82, 2.24) is 10.2 Å². The molecule has 0 spiro atoms. The maximum absolute atomic E-state index is 5.54. The van der Waals surface area contributed by atoms with E-state index in [1.165, 1.54) is 0 Å². The lowest BCUT2D eigenvalue weighted by Gasteiger charge is -2.46. The molecule has 1 unspecified atom stereocenters. The van der Waals surface area contributed by atoms with Crippen molar-refractivity contribution in [2.24, 2.45) is 0 Å². The van der Waals surface area contributed by atoms with Crippen molar-refractivity contribution in [2.75, 3.05) is 40.0 Å². The normalized spacial score (nSPS) is 35.6. The second kappa shape index (κ2) is 4.57. The van der Waals surface area contributed by atoms with Gasteiger partial charge < -0.3 is 14.8 Å². The SMILES string of the molecule is CNC(C)CN1C2COCC1COC2. The van der Waals surface area contributed by atoms with Crippen molar-refractivity contribution in [3.63, 3.8) is 0 Å². The number of ether oxygens (including phenoxy) is 2. The van der Waals surface area contributed by atoms with Gasteiger partial charge in [-0.25, -0.2) is 0 Å². The van der Waals surface area contributed by atoms with Gasteiger partial charge in [-0.05, 0) is 14.0 Å². The summed E-state index contributed by atoms with van der Waals surface area (Å²) in [4.78, 5) is 2.54. The number of fused-ring (bicyclic) bond motifs is 2. The molecule has 0 aromatic carbocycles. The van der Waals surface area contributed by atoms with Gasteiger partial charge in [-0.2, -0.15) is 0 Å². The maximum Gasteiger partial charge on any atom is 0.0645 e. The van der Waals surface area contributed by atoms with Crippen LogP contribution in [0, 0.1) is 0 Å². The fourth-order valence-electron chi connectivity index (χ4n) is 2.16. The minimum absolute atomic E-state index is 0.471. The van der Waals surface area contributed by atoms with Gasteiger partial charge in [-0.3, -0.25) is 4.90 Å². The minimum atomic E-state index is 0.471. The highest BCUT2D eigenvalue weighted by atomic mass is 16.5. The van der Waals surface area contributed by atoms with Crippen LogP contribution in [0.25, 0.3) is 0 Å². The van der Waals surface area contributed by atoms with Crippen LogP contribution < -0.4 is 5.32 Å². The second-order valence-corrected chi connectivity index (χ2v) is 4.27. The largest absolute Gasteiger partial charge is 0.378 e. The average molecular weight is 200 g/mol. The number of morpholine rings is 2. The Morgan fingerprint density at radius 3 is 2.14 bits per heavy atom. The lowest BCUT2D eigenvalue weighted by molar-refractivity contribution is -0.138. The molecule has 0 aliphatic carbocycles. The summed E-state index contributed by atoms with van der Waals surface area (Å²) >= 11 is 0. The van der Waals surface area contributed by atoms with Gasteiger partial charge in [0.1, 0.15) is 0 Å². The molecule has 2 saturated heterocycles. The smallest absolute Gasteiger partial charge is 0.0645 e. The molecule has 0 aromatic heterocycles. The summed E-state index contributed by atoms with van der Waals surface area (Å²) in [6.45, 7) is 6.62. The van der Waals surface area contributed by atoms with Crippen LogP contribution in [0.1, 0.15) is 6.92 Å². The molecule has 1 N–H and O–H groups in total. The third kappa shape index (κ3) is 2.08. The van der Waals surface area contributed by atoms with Crippen molar-refractivity contribution < 1.29 is 9.47 Å². The van der Waals surface area contributed by atoms with E-state index in [4.69, 9.17) is 9.47 Å². The topological polar surface area (TPSA) is 33.7 Å². The predicted molar refractivity (Wildman–Crippen MR) is 54.4 cm³/mol. The first-order chi connectivity index (χ1) is 6.81. The first-order valence-electron chi connectivity index (χ1n) is 5.39. The first kappa shape index (κ1) is 10.4. The quantitative estimate of drug-likeness (QED) is 0.678. The lowest BCUT2D eigenvalue weighted by Crippen LogP contribution is -2.61. The highest BCUT2D eigenvalue weighted by Crippen LogP contribution is 2.19. The van der Waals surface area contributed by atoms with Gasteiger partial charge in [0, 0.05) is 12.6 Å². The van der Waals surface area contributed by atoms with Gasteiger partial charge in [0.2, 0.25) is 0 Å². The highest BCUT2D eigenvalue weighted by Gasteiger charge is 2.35. The van der Waals surface area contributed by atoms with Crippen LogP contribution in [-0.4, -0.2) is 63.0 Å². The number of likely N-dealkylation sites (N-methyl/N-ethyl adjacent to an activating group) is 1. The molecule has 0 aromatic rings. The Morgan fingerprint density at radius 1 is 1.21 bits per heavy atom. The van der Waals surface area contributed by atoms with E-state index in [9.17, 15) is 0 Å². The number of rotatable bonds is 3. The van der Waals surface area contributed by atoms with Crippen molar-refractivity contribution in [2.45, 2.75) is 25.0 Å². The van der Waals surface area contributed by atoms with E-state index in [0.29, 0.717) is 18.1 Å². The Kier molecular flexibility index (Phi) is 3.38. The first-order valence-corrected chi connectivity index (χ1v) is 5.39. The van der Waals surface area contributed by atoms with Crippen molar-refractivity contribution in [1.29, 1.82) is 0 Å². The Balaban J connectivity index is 1.94. The fraction of sp³-hybridized carbons (Fsp3) is 1.00. The molecule has 4 heteroatoms. The zero-order chi connectivity index (χ0) is 9.97. The molecule has 14 heavy (non-hydrogen) atoms. The Labute approximate surface area is 85.5 Å². The van der Waals surface area contributed by atoms with Gasteiger partial charge in [-0.15, -0.1) is 0 Å². The summed E-state index contributed by atoms with van der Waals surface area (Å²) in [6, 6.07) is 1.48. The maximum atomic E-state index is 5.54. The Morgan fingerprint density at radius 2 is 1.71 bits per heavy atom. The molecule has 4 nitrogen and oxygen atoms in total. The highest BCUT2D eigenvalue weighted by molar-refractivity contribution is 4.88. The van der Waals surface area contributed by atoms with E-state index in [1.54, 1.807) is 0 Å². The lowest BCUT2D eigenvalue weighted by atomic mass is 10.1. The number of hydrogen-bond donors (Lipinski definition) is 1. The third-order valence-corrected chi connectivity index (χ3v) is 3.16. The predicted octanol–water partition coefficient (Wildman–Crippen LogP) is -0.306. The molecular weight excluding hydrogens is 180 g/mol. The van der Waals surface area contributed by atoms with Crippen LogP contribution >= 0.6 is 0 Å². The van der Waals surface area contributed by atoms with E-state index < -0.39 is 0 Å². The minimum Gasteiger partial charge on any atom is -0.378 e. The Hall–Kier alpha value is -0.160. The molecule has 1 atom stereocenters. The van der Waals surface area contributed by atoms with E-state index in [2.05, 4.69) is 17.1 Å². The number of nitrogens with one attached hydrogen (secondary N) is 1. The fourth-order valence-corrected chi connectivity index (χ4v) is 2.16. The van der Waals surface area contributed by atoms with Crippen LogP contribution in [0.15, 0.2) is 0 Å². The summed E-state index contributed by atoms with van der Waals surface area (Å²) in [7, 11) is 2.01. The van der Waals surface area contributed by atoms with Gasteiger partial charge in [0.15, 0.2) is 0 Å². The zero-order valence-corrected chi connectivity index (χ0v) is 9.03. The van der Waals surface area contributed by atoms with Crippen molar-refractivity contribution in [3.05, 3.63) is 0 Å².